The quantitative estimate of drug-likeness (QED) is 0.774. The molecule has 4 nitrogen and oxygen atoms in total. The fourth-order valence-corrected chi connectivity index (χ4v) is 2.09. The SMILES string of the molecule is CN(CC1CCCCO1)c1ncc(CCl)cn1. The Labute approximate surface area is 107 Å². The average Bonchev–Trinajstić information content (AvgIpc) is 2.40. The lowest BCUT2D eigenvalue weighted by molar-refractivity contribution is 0.0214. The van der Waals surface area contributed by atoms with Crippen molar-refractivity contribution in [2.24, 2.45) is 0 Å². The number of nitrogens with zero attached hydrogens (tertiary/aromatic N) is 3. The summed E-state index contributed by atoms with van der Waals surface area (Å²) >= 11 is 5.70. The molecule has 2 heterocycles. The van der Waals surface area contributed by atoms with Crippen LogP contribution in [-0.4, -0.2) is 36.3 Å². The van der Waals surface area contributed by atoms with Gasteiger partial charge < -0.3 is 9.64 Å². The molecule has 1 aromatic heterocycles. The molecule has 1 aliphatic heterocycles. The summed E-state index contributed by atoms with van der Waals surface area (Å²) in [5.74, 6) is 1.18. The fraction of sp³-hybridized carbons (Fsp3) is 0.667. The molecule has 1 unspecified atom stereocenters. The zero-order chi connectivity index (χ0) is 12.1. The van der Waals surface area contributed by atoms with Gasteiger partial charge in [-0.1, -0.05) is 0 Å². The van der Waals surface area contributed by atoms with Crippen molar-refractivity contribution in [1.29, 1.82) is 0 Å². The van der Waals surface area contributed by atoms with E-state index in [1.165, 1.54) is 12.8 Å². The largest absolute Gasteiger partial charge is 0.376 e. The maximum absolute atomic E-state index is 5.70. The Balaban J connectivity index is 1.91. The van der Waals surface area contributed by atoms with Crippen LogP contribution in [0.5, 0.6) is 0 Å². The van der Waals surface area contributed by atoms with Gasteiger partial charge in [0.15, 0.2) is 0 Å². The van der Waals surface area contributed by atoms with Crippen molar-refractivity contribution in [1.82, 2.24) is 9.97 Å². The van der Waals surface area contributed by atoms with Gasteiger partial charge in [0, 0.05) is 38.2 Å². The van der Waals surface area contributed by atoms with E-state index in [0.29, 0.717) is 12.0 Å². The molecule has 1 fully saturated rings. The molecule has 1 aromatic rings. The van der Waals surface area contributed by atoms with Gasteiger partial charge in [-0.2, -0.15) is 0 Å². The van der Waals surface area contributed by atoms with Gasteiger partial charge in [-0.05, 0) is 19.3 Å². The smallest absolute Gasteiger partial charge is 0.225 e. The number of hydrogen-bond acceptors (Lipinski definition) is 4. The highest BCUT2D eigenvalue weighted by atomic mass is 35.5. The minimum absolute atomic E-state index is 0.310. The van der Waals surface area contributed by atoms with E-state index in [0.717, 1.165) is 31.1 Å². The number of hydrogen-bond donors (Lipinski definition) is 0. The van der Waals surface area contributed by atoms with Gasteiger partial charge in [-0.15, -0.1) is 11.6 Å². The maximum atomic E-state index is 5.70. The summed E-state index contributed by atoms with van der Waals surface area (Å²) in [4.78, 5) is 10.6. The summed E-state index contributed by atoms with van der Waals surface area (Å²) < 4.78 is 5.70. The fourth-order valence-electron chi connectivity index (χ4n) is 1.95. The number of rotatable bonds is 4. The second kappa shape index (κ2) is 6.17. The molecule has 0 aromatic carbocycles. The third kappa shape index (κ3) is 3.54. The Morgan fingerprint density at radius 1 is 1.41 bits per heavy atom. The molecule has 17 heavy (non-hydrogen) atoms. The van der Waals surface area contributed by atoms with Gasteiger partial charge >= 0.3 is 0 Å². The molecule has 0 saturated carbocycles. The van der Waals surface area contributed by atoms with Crippen molar-refractivity contribution >= 4 is 17.5 Å². The molecule has 5 heteroatoms. The van der Waals surface area contributed by atoms with Gasteiger partial charge in [0.1, 0.15) is 0 Å². The molecule has 0 amide bonds. The van der Waals surface area contributed by atoms with Gasteiger partial charge in [-0.25, -0.2) is 9.97 Å². The van der Waals surface area contributed by atoms with Crippen LogP contribution in [0.25, 0.3) is 0 Å². The number of likely N-dealkylation sites (N-methyl/N-ethyl adjacent to an activating group) is 1. The number of aromatic nitrogens is 2. The van der Waals surface area contributed by atoms with Crippen LogP contribution in [0.1, 0.15) is 24.8 Å². The monoisotopic (exact) mass is 255 g/mol. The van der Waals surface area contributed by atoms with Crippen LogP contribution < -0.4 is 4.90 Å². The normalized spacial score (nSPS) is 20.2. The summed E-state index contributed by atoms with van der Waals surface area (Å²) in [5, 5.41) is 0. The number of halogens is 1. The van der Waals surface area contributed by atoms with Crippen LogP contribution in [0.15, 0.2) is 12.4 Å². The molecular weight excluding hydrogens is 238 g/mol. The molecule has 2 rings (SSSR count). The minimum Gasteiger partial charge on any atom is -0.376 e. The molecule has 0 spiro atoms. The molecule has 0 radical (unpaired) electrons. The summed E-state index contributed by atoms with van der Waals surface area (Å²) in [7, 11) is 1.99. The van der Waals surface area contributed by atoms with Crippen molar-refractivity contribution in [3.05, 3.63) is 18.0 Å². The zero-order valence-corrected chi connectivity index (χ0v) is 10.9. The van der Waals surface area contributed by atoms with E-state index >= 15 is 0 Å². The van der Waals surface area contributed by atoms with E-state index in [-0.39, 0.29) is 0 Å². The van der Waals surface area contributed by atoms with Gasteiger partial charge in [-0.3, -0.25) is 0 Å². The Hall–Kier alpha value is -0.870. The summed E-state index contributed by atoms with van der Waals surface area (Å²) in [5.41, 5.74) is 0.942. The third-order valence-corrected chi connectivity index (χ3v) is 3.25. The van der Waals surface area contributed by atoms with Gasteiger partial charge in [0.2, 0.25) is 5.95 Å². The highest BCUT2D eigenvalue weighted by molar-refractivity contribution is 6.17. The predicted octanol–water partition coefficient (Wildman–Crippen LogP) is 2.22. The summed E-state index contributed by atoms with van der Waals surface area (Å²) in [6.07, 6.45) is 7.42. The Morgan fingerprint density at radius 2 is 2.18 bits per heavy atom. The lowest BCUT2D eigenvalue weighted by Crippen LogP contribution is -2.34. The van der Waals surface area contributed by atoms with E-state index in [9.17, 15) is 0 Å². The van der Waals surface area contributed by atoms with E-state index in [1.54, 1.807) is 12.4 Å². The van der Waals surface area contributed by atoms with Crippen LogP contribution in [-0.2, 0) is 10.6 Å². The second-order valence-corrected chi connectivity index (χ2v) is 4.66. The molecule has 0 N–H and O–H groups in total. The van der Waals surface area contributed by atoms with Crippen LogP contribution >= 0.6 is 11.6 Å². The number of alkyl halides is 1. The van der Waals surface area contributed by atoms with Crippen LogP contribution in [0.3, 0.4) is 0 Å². The Morgan fingerprint density at radius 3 is 2.76 bits per heavy atom. The first-order valence-electron chi connectivity index (χ1n) is 5.99. The molecule has 1 aliphatic rings. The molecule has 0 aliphatic carbocycles. The van der Waals surface area contributed by atoms with E-state index in [2.05, 4.69) is 9.97 Å². The summed E-state index contributed by atoms with van der Waals surface area (Å²) in [6.45, 7) is 1.73. The topological polar surface area (TPSA) is 38.2 Å². The van der Waals surface area contributed by atoms with Crippen molar-refractivity contribution in [2.45, 2.75) is 31.2 Å². The standard InChI is InChI=1S/C12H18ClN3O/c1-16(9-11-4-2-3-5-17-11)12-14-7-10(6-13)8-15-12/h7-8,11H,2-6,9H2,1H3. The number of anilines is 1. The molecular formula is C12H18ClN3O. The Kier molecular flexibility index (Phi) is 4.57. The first-order chi connectivity index (χ1) is 8.29. The van der Waals surface area contributed by atoms with Gasteiger partial charge in [0.05, 0.1) is 12.0 Å². The minimum atomic E-state index is 0.310. The second-order valence-electron chi connectivity index (χ2n) is 4.39. The molecule has 1 atom stereocenters. The van der Waals surface area contributed by atoms with E-state index < -0.39 is 0 Å². The lowest BCUT2D eigenvalue weighted by atomic mass is 10.1. The first-order valence-corrected chi connectivity index (χ1v) is 6.52. The van der Waals surface area contributed by atoms with Crippen LogP contribution in [0.2, 0.25) is 0 Å². The highest BCUT2D eigenvalue weighted by Gasteiger charge is 2.17. The lowest BCUT2D eigenvalue weighted by Gasteiger charge is -2.27. The highest BCUT2D eigenvalue weighted by Crippen LogP contribution is 2.15. The summed E-state index contributed by atoms with van der Waals surface area (Å²) in [6, 6.07) is 0. The average molecular weight is 256 g/mol. The molecule has 94 valence electrons. The first kappa shape index (κ1) is 12.6. The van der Waals surface area contributed by atoms with E-state index in [1.807, 2.05) is 11.9 Å². The van der Waals surface area contributed by atoms with Gasteiger partial charge in [0.25, 0.3) is 0 Å². The Bertz CT molecular complexity index is 338. The van der Waals surface area contributed by atoms with Crippen molar-refractivity contribution in [3.8, 4) is 0 Å². The third-order valence-electron chi connectivity index (χ3n) is 2.94. The number of ether oxygens (including phenoxy) is 1. The predicted molar refractivity (Wildman–Crippen MR) is 68.5 cm³/mol. The molecule has 0 bridgehead atoms. The molecule has 1 saturated heterocycles. The van der Waals surface area contributed by atoms with Crippen LogP contribution in [0.4, 0.5) is 5.95 Å². The van der Waals surface area contributed by atoms with E-state index in [4.69, 9.17) is 16.3 Å². The van der Waals surface area contributed by atoms with Crippen molar-refractivity contribution in [3.63, 3.8) is 0 Å². The van der Waals surface area contributed by atoms with Crippen molar-refractivity contribution in [2.75, 3.05) is 25.1 Å². The van der Waals surface area contributed by atoms with Crippen molar-refractivity contribution < 1.29 is 4.74 Å². The maximum Gasteiger partial charge on any atom is 0.225 e. The zero-order valence-electron chi connectivity index (χ0n) is 10.1. The van der Waals surface area contributed by atoms with Crippen LogP contribution in [0, 0.1) is 0 Å².